The van der Waals surface area contributed by atoms with Crippen LogP contribution in [0.3, 0.4) is 0 Å². The lowest BCUT2D eigenvalue weighted by Gasteiger charge is -2.42. The Morgan fingerprint density at radius 2 is 2.14 bits per heavy atom. The predicted octanol–water partition coefficient (Wildman–Crippen LogP) is 2.28. The van der Waals surface area contributed by atoms with Crippen LogP contribution in [0.2, 0.25) is 0 Å². The van der Waals surface area contributed by atoms with Crippen molar-refractivity contribution in [3.63, 3.8) is 0 Å². The molecule has 1 saturated carbocycles. The summed E-state index contributed by atoms with van der Waals surface area (Å²) in [6, 6.07) is 0. The molecule has 0 heterocycles. The van der Waals surface area contributed by atoms with Crippen molar-refractivity contribution in [1.29, 1.82) is 0 Å². The minimum absolute atomic E-state index is 0.0651. The molecule has 2 unspecified atom stereocenters. The Morgan fingerprint density at radius 1 is 1.43 bits per heavy atom. The van der Waals surface area contributed by atoms with Gasteiger partial charge in [-0.3, -0.25) is 9.59 Å². The van der Waals surface area contributed by atoms with Crippen LogP contribution in [0.1, 0.15) is 39.5 Å². The number of Topliss-reactive ketones (excluding diaryl/α,β-unsaturated/α-hetero) is 2. The molecule has 1 fully saturated rings. The normalized spacial score (nSPS) is 37.9. The number of rotatable bonds is 0. The molecule has 2 atom stereocenters. The van der Waals surface area contributed by atoms with Crippen LogP contribution in [0.4, 0.5) is 0 Å². The number of ketones is 2. The van der Waals surface area contributed by atoms with Crippen molar-refractivity contribution < 1.29 is 9.59 Å². The lowest BCUT2D eigenvalue weighted by Crippen LogP contribution is -2.40. The summed E-state index contributed by atoms with van der Waals surface area (Å²) in [5, 5.41) is 0. The topological polar surface area (TPSA) is 34.1 Å². The number of fused-ring (bicyclic) bond motifs is 1. The van der Waals surface area contributed by atoms with E-state index in [0.29, 0.717) is 12.3 Å². The van der Waals surface area contributed by atoms with E-state index in [0.717, 1.165) is 18.4 Å². The van der Waals surface area contributed by atoms with Gasteiger partial charge in [-0.15, -0.1) is 0 Å². The van der Waals surface area contributed by atoms with Crippen LogP contribution in [0.15, 0.2) is 11.6 Å². The Bertz CT molecular complexity index is 327. The summed E-state index contributed by atoms with van der Waals surface area (Å²) in [6.45, 7) is 4.22. The summed E-state index contributed by atoms with van der Waals surface area (Å²) in [6.07, 6.45) is 4.83. The Kier molecular flexibility index (Phi) is 2.09. The van der Waals surface area contributed by atoms with Crippen molar-refractivity contribution in [3.05, 3.63) is 11.6 Å². The minimum atomic E-state index is -0.162. The van der Waals surface area contributed by atoms with Gasteiger partial charge in [-0.2, -0.15) is 0 Å². The average molecular weight is 192 g/mol. The highest BCUT2D eigenvalue weighted by Gasteiger charge is 2.45. The molecular formula is C12H16O2. The largest absolute Gasteiger partial charge is 0.299 e. The SMILES string of the molecule is CC1CCC=C2C(=O)CC(=O)CC21C. The lowest BCUT2D eigenvalue weighted by atomic mass is 9.60. The van der Waals surface area contributed by atoms with Crippen LogP contribution >= 0.6 is 0 Å². The number of hydrogen-bond donors (Lipinski definition) is 0. The molecule has 0 radical (unpaired) electrons. The van der Waals surface area contributed by atoms with E-state index >= 15 is 0 Å². The van der Waals surface area contributed by atoms with E-state index in [1.54, 1.807) is 0 Å². The molecule has 2 nitrogen and oxygen atoms in total. The summed E-state index contributed by atoms with van der Waals surface area (Å²) in [5.41, 5.74) is 0.765. The minimum Gasteiger partial charge on any atom is -0.299 e. The Labute approximate surface area is 84.4 Å². The molecule has 14 heavy (non-hydrogen) atoms. The van der Waals surface area contributed by atoms with Gasteiger partial charge < -0.3 is 0 Å². The van der Waals surface area contributed by atoms with Crippen LogP contribution in [0.5, 0.6) is 0 Å². The van der Waals surface area contributed by atoms with Crippen LogP contribution in [0.25, 0.3) is 0 Å². The smallest absolute Gasteiger partial charge is 0.166 e. The van der Waals surface area contributed by atoms with Gasteiger partial charge in [0.15, 0.2) is 5.78 Å². The van der Waals surface area contributed by atoms with E-state index in [1.807, 2.05) is 0 Å². The van der Waals surface area contributed by atoms with Crippen molar-refractivity contribution >= 4 is 11.6 Å². The van der Waals surface area contributed by atoms with Crippen LogP contribution in [-0.2, 0) is 9.59 Å². The first-order valence-electron chi connectivity index (χ1n) is 5.29. The molecule has 2 aliphatic carbocycles. The molecule has 0 saturated heterocycles. The highest BCUT2D eigenvalue weighted by molar-refractivity contribution is 6.11. The monoisotopic (exact) mass is 192 g/mol. The fraction of sp³-hybridized carbons (Fsp3) is 0.667. The average Bonchev–Trinajstić information content (AvgIpc) is 2.07. The van der Waals surface area contributed by atoms with Gasteiger partial charge in [0.2, 0.25) is 0 Å². The van der Waals surface area contributed by atoms with Gasteiger partial charge in [-0.25, -0.2) is 0 Å². The fourth-order valence-electron chi connectivity index (χ4n) is 2.74. The molecule has 0 amide bonds. The maximum atomic E-state index is 11.7. The molecule has 0 aromatic heterocycles. The number of carbonyl (C=O) groups is 2. The van der Waals surface area contributed by atoms with Gasteiger partial charge in [0, 0.05) is 11.8 Å². The van der Waals surface area contributed by atoms with E-state index in [4.69, 9.17) is 0 Å². The first kappa shape index (κ1) is 9.63. The van der Waals surface area contributed by atoms with Gasteiger partial charge in [-0.05, 0) is 24.3 Å². The second kappa shape index (κ2) is 3.04. The standard InChI is InChI=1S/C12H16O2/c1-8-4-3-5-10-11(14)6-9(13)7-12(8,10)2/h5,8H,3-4,6-7H2,1-2H3. The molecule has 0 spiro atoms. The molecule has 0 N–H and O–H groups in total. The van der Waals surface area contributed by atoms with Crippen molar-refractivity contribution in [1.82, 2.24) is 0 Å². The zero-order chi connectivity index (χ0) is 10.3. The van der Waals surface area contributed by atoms with Crippen LogP contribution in [-0.4, -0.2) is 11.6 Å². The van der Waals surface area contributed by atoms with Gasteiger partial charge in [0.25, 0.3) is 0 Å². The first-order valence-corrected chi connectivity index (χ1v) is 5.29. The first-order chi connectivity index (χ1) is 6.54. The highest BCUT2D eigenvalue weighted by atomic mass is 16.1. The molecular weight excluding hydrogens is 176 g/mol. The molecule has 0 bridgehead atoms. The zero-order valence-corrected chi connectivity index (χ0v) is 8.80. The molecule has 2 rings (SSSR count). The predicted molar refractivity (Wildman–Crippen MR) is 53.8 cm³/mol. The third kappa shape index (κ3) is 1.24. The van der Waals surface area contributed by atoms with Crippen molar-refractivity contribution in [2.45, 2.75) is 39.5 Å². The third-order valence-electron chi connectivity index (χ3n) is 3.87. The summed E-state index contributed by atoms with van der Waals surface area (Å²) in [4.78, 5) is 23.1. The van der Waals surface area contributed by atoms with E-state index in [1.165, 1.54) is 0 Å². The second-order valence-corrected chi connectivity index (χ2v) is 4.83. The van der Waals surface area contributed by atoms with Crippen molar-refractivity contribution in [3.8, 4) is 0 Å². The maximum Gasteiger partial charge on any atom is 0.166 e. The molecule has 0 aromatic rings. The summed E-state index contributed by atoms with van der Waals surface area (Å²) < 4.78 is 0. The van der Waals surface area contributed by atoms with Gasteiger partial charge in [0.05, 0.1) is 6.42 Å². The molecule has 2 aliphatic rings. The zero-order valence-electron chi connectivity index (χ0n) is 8.80. The van der Waals surface area contributed by atoms with Crippen LogP contribution in [0, 0.1) is 11.3 Å². The van der Waals surface area contributed by atoms with Crippen molar-refractivity contribution in [2.24, 2.45) is 11.3 Å². The third-order valence-corrected chi connectivity index (χ3v) is 3.87. The van der Waals surface area contributed by atoms with Crippen molar-refractivity contribution in [2.75, 3.05) is 0 Å². The van der Waals surface area contributed by atoms with E-state index < -0.39 is 0 Å². The quantitative estimate of drug-likeness (QED) is 0.552. The maximum absolute atomic E-state index is 11.7. The van der Waals surface area contributed by atoms with Gasteiger partial charge in [-0.1, -0.05) is 19.9 Å². The lowest BCUT2D eigenvalue weighted by molar-refractivity contribution is -0.131. The van der Waals surface area contributed by atoms with Gasteiger partial charge in [0.1, 0.15) is 5.78 Å². The van der Waals surface area contributed by atoms with E-state index in [2.05, 4.69) is 19.9 Å². The van der Waals surface area contributed by atoms with Crippen LogP contribution < -0.4 is 0 Å². The number of allylic oxidation sites excluding steroid dienone is 2. The summed E-state index contributed by atoms with van der Waals surface area (Å²) >= 11 is 0. The molecule has 0 aliphatic heterocycles. The second-order valence-electron chi connectivity index (χ2n) is 4.83. The Balaban J connectivity index is 2.43. The van der Waals surface area contributed by atoms with Gasteiger partial charge >= 0.3 is 0 Å². The molecule has 2 heteroatoms. The van der Waals surface area contributed by atoms with E-state index in [-0.39, 0.29) is 23.4 Å². The highest BCUT2D eigenvalue weighted by Crippen LogP contribution is 2.47. The summed E-state index contributed by atoms with van der Waals surface area (Å²) in [5.74, 6) is 0.634. The Hall–Kier alpha value is -0.920. The Morgan fingerprint density at radius 3 is 2.86 bits per heavy atom. The molecule has 76 valence electrons. The fourth-order valence-corrected chi connectivity index (χ4v) is 2.74. The number of hydrogen-bond acceptors (Lipinski definition) is 2. The summed E-state index contributed by atoms with van der Waals surface area (Å²) in [7, 11) is 0. The number of carbonyl (C=O) groups excluding carboxylic acids is 2. The molecule has 0 aromatic carbocycles. The van der Waals surface area contributed by atoms with E-state index in [9.17, 15) is 9.59 Å².